The highest BCUT2D eigenvalue weighted by Crippen LogP contribution is 2.26. The van der Waals surface area contributed by atoms with Crippen molar-refractivity contribution in [1.29, 1.82) is 0 Å². The summed E-state index contributed by atoms with van der Waals surface area (Å²) in [7, 11) is 0. The summed E-state index contributed by atoms with van der Waals surface area (Å²) in [5.41, 5.74) is 1.28. The van der Waals surface area contributed by atoms with Crippen LogP contribution in [-0.4, -0.2) is 13.2 Å². The van der Waals surface area contributed by atoms with Crippen molar-refractivity contribution in [3.05, 3.63) is 28.2 Å². The molecule has 1 aromatic rings. The number of ether oxygens (including phenoxy) is 1. The molecule has 2 nitrogen and oxygen atoms in total. The summed E-state index contributed by atoms with van der Waals surface area (Å²) in [5, 5.41) is 3.44. The Kier molecular flexibility index (Phi) is 6.72. The topological polar surface area (TPSA) is 21.3 Å². The largest absolute Gasteiger partial charge is 0.492 e. The van der Waals surface area contributed by atoms with Crippen LogP contribution in [-0.2, 0) is 6.54 Å². The number of rotatable bonds is 7. The van der Waals surface area contributed by atoms with E-state index in [-0.39, 0.29) is 0 Å². The summed E-state index contributed by atoms with van der Waals surface area (Å²) < 4.78 is 6.76. The molecule has 102 valence electrons. The van der Waals surface area contributed by atoms with E-state index in [4.69, 9.17) is 4.74 Å². The molecule has 0 unspecified atom stereocenters. The maximum atomic E-state index is 5.73. The first kappa shape index (κ1) is 15.5. The van der Waals surface area contributed by atoms with E-state index < -0.39 is 0 Å². The summed E-state index contributed by atoms with van der Waals surface area (Å²) in [5.74, 6) is 2.16. The minimum atomic E-state index is 0.546. The van der Waals surface area contributed by atoms with E-state index in [0.29, 0.717) is 11.8 Å². The highest BCUT2D eigenvalue weighted by molar-refractivity contribution is 9.10. The summed E-state index contributed by atoms with van der Waals surface area (Å²) in [6, 6.07) is 6.29. The second-order valence-electron chi connectivity index (χ2n) is 5.49. The average Bonchev–Trinajstić information content (AvgIpc) is 2.27. The highest BCUT2D eigenvalue weighted by Gasteiger charge is 2.04. The van der Waals surface area contributed by atoms with Gasteiger partial charge in [0.05, 0.1) is 11.1 Å². The minimum Gasteiger partial charge on any atom is -0.492 e. The van der Waals surface area contributed by atoms with E-state index in [1.807, 2.05) is 6.07 Å². The van der Waals surface area contributed by atoms with Crippen LogP contribution in [0.25, 0.3) is 0 Å². The van der Waals surface area contributed by atoms with Gasteiger partial charge in [0.2, 0.25) is 0 Å². The van der Waals surface area contributed by atoms with Crippen LogP contribution in [0.4, 0.5) is 0 Å². The lowest BCUT2D eigenvalue weighted by atomic mass is 10.2. The Morgan fingerprint density at radius 2 is 1.89 bits per heavy atom. The van der Waals surface area contributed by atoms with Gasteiger partial charge in [0.15, 0.2) is 0 Å². The number of halogens is 1. The van der Waals surface area contributed by atoms with Crippen LogP contribution in [0.15, 0.2) is 22.7 Å². The van der Waals surface area contributed by atoms with Crippen LogP contribution in [0.5, 0.6) is 5.75 Å². The Labute approximate surface area is 119 Å². The van der Waals surface area contributed by atoms with Crippen molar-refractivity contribution in [3.8, 4) is 5.75 Å². The lowest BCUT2D eigenvalue weighted by molar-refractivity contribution is 0.269. The van der Waals surface area contributed by atoms with Gasteiger partial charge >= 0.3 is 0 Å². The maximum Gasteiger partial charge on any atom is 0.133 e. The molecule has 0 saturated heterocycles. The van der Waals surface area contributed by atoms with E-state index in [0.717, 1.165) is 29.9 Å². The molecule has 0 aromatic heterocycles. The van der Waals surface area contributed by atoms with E-state index >= 15 is 0 Å². The fourth-order valence-electron chi connectivity index (χ4n) is 1.53. The molecule has 1 N–H and O–H groups in total. The van der Waals surface area contributed by atoms with Gasteiger partial charge in [-0.25, -0.2) is 0 Å². The smallest absolute Gasteiger partial charge is 0.133 e. The van der Waals surface area contributed by atoms with E-state index in [9.17, 15) is 0 Å². The van der Waals surface area contributed by atoms with Crippen molar-refractivity contribution < 1.29 is 4.74 Å². The Morgan fingerprint density at radius 1 is 1.17 bits per heavy atom. The zero-order valence-electron chi connectivity index (χ0n) is 11.8. The molecule has 0 spiro atoms. The van der Waals surface area contributed by atoms with Crippen LogP contribution >= 0.6 is 15.9 Å². The second kappa shape index (κ2) is 7.80. The number of nitrogens with one attached hydrogen (secondary N) is 1. The maximum absolute atomic E-state index is 5.73. The normalized spacial score (nSPS) is 11.3. The molecule has 1 rings (SSSR count). The fraction of sp³-hybridized carbons (Fsp3) is 0.600. The Balaban J connectivity index is 2.51. The van der Waals surface area contributed by atoms with Crippen LogP contribution < -0.4 is 10.1 Å². The monoisotopic (exact) mass is 313 g/mol. The molecule has 0 atom stereocenters. The third-order valence-corrected chi connectivity index (χ3v) is 3.07. The van der Waals surface area contributed by atoms with Crippen molar-refractivity contribution in [3.63, 3.8) is 0 Å². The summed E-state index contributed by atoms with van der Waals surface area (Å²) in [6.07, 6.45) is 0. The molecular formula is C15H24BrNO. The van der Waals surface area contributed by atoms with Gasteiger partial charge in [-0.05, 0) is 52.0 Å². The quantitative estimate of drug-likeness (QED) is 0.813. The number of hydrogen-bond donors (Lipinski definition) is 1. The van der Waals surface area contributed by atoms with Crippen LogP contribution in [0, 0.1) is 11.8 Å². The molecule has 0 radical (unpaired) electrons. The first-order chi connectivity index (χ1) is 8.49. The fourth-order valence-corrected chi connectivity index (χ4v) is 2.07. The van der Waals surface area contributed by atoms with Crippen molar-refractivity contribution >= 4 is 15.9 Å². The van der Waals surface area contributed by atoms with Crippen molar-refractivity contribution in [2.75, 3.05) is 13.2 Å². The molecule has 0 fully saturated rings. The van der Waals surface area contributed by atoms with Gasteiger partial charge in [0, 0.05) is 6.54 Å². The molecule has 0 saturated carbocycles. The van der Waals surface area contributed by atoms with Gasteiger partial charge in [0.1, 0.15) is 5.75 Å². The molecule has 3 heteroatoms. The third-order valence-electron chi connectivity index (χ3n) is 2.45. The van der Waals surface area contributed by atoms with Gasteiger partial charge in [-0.3, -0.25) is 0 Å². The molecule has 0 aliphatic carbocycles. The van der Waals surface area contributed by atoms with Crippen LogP contribution in [0.3, 0.4) is 0 Å². The van der Waals surface area contributed by atoms with E-state index in [2.05, 4.69) is 61.1 Å². The molecule has 1 aromatic carbocycles. The van der Waals surface area contributed by atoms with E-state index in [1.165, 1.54) is 5.56 Å². The first-order valence-electron chi connectivity index (χ1n) is 6.61. The minimum absolute atomic E-state index is 0.546. The predicted molar refractivity (Wildman–Crippen MR) is 81.0 cm³/mol. The SMILES string of the molecule is CC(C)CNCc1ccc(OCC(C)C)c(Br)c1. The third kappa shape index (κ3) is 5.87. The lowest BCUT2D eigenvalue weighted by Gasteiger charge is -2.12. The van der Waals surface area contributed by atoms with Crippen molar-refractivity contribution in [2.24, 2.45) is 11.8 Å². The molecule has 0 aliphatic heterocycles. The molecule has 0 aliphatic rings. The lowest BCUT2D eigenvalue weighted by Crippen LogP contribution is -2.18. The predicted octanol–water partition coefficient (Wildman–Crippen LogP) is 4.23. The number of benzene rings is 1. The van der Waals surface area contributed by atoms with Crippen molar-refractivity contribution in [1.82, 2.24) is 5.32 Å². The van der Waals surface area contributed by atoms with Gasteiger partial charge in [-0.15, -0.1) is 0 Å². The zero-order valence-corrected chi connectivity index (χ0v) is 13.4. The Morgan fingerprint density at radius 3 is 2.44 bits per heavy atom. The summed E-state index contributed by atoms with van der Waals surface area (Å²) >= 11 is 3.57. The molecule has 0 amide bonds. The standard InChI is InChI=1S/C15H24BrNO/c1-11(2)8-17-9-13-5-6-15(14(16)7-13)18-10-12(3)4/h5-7,11-12,17H,8-10H2,1-4H3. The van der Waals surface area contributed by atoms with Gasteiger partial charge in [-0.1, -0.05) is 33.8 Å². The van der Waals surface area contributed by atoms with Crippen LogP contribution in [0.2, 0.25) is 0 Å². The first-order valence-corrected chi connectivity index (χ1v) is 7.40. The van der Waals surface area contributed by atoms with Gasteiger partial charge < -0.3 is 10.1 Å². The van der Waals surface area contributed by atoms with Crippen molar-refractivity contribution in [2.45, 2.75) is 34.2 Å². The zero-order chi connectivity index (χ0) is 13.5. The van der Waals surface area contributed by atoms with Crippen LogP contribution in [0.1, 0.15) is 33.3 Å². The molecule has 0 heterocycles. The second-order valence-corrected chi connectivity index (χ2v) is 6.35. The average molecular weight is 314 g/mol. The summed E-state index contributed by atoms with van der Waals surface area (Å²) in [6.45, 7) is 11.4. The van der Waals surface area contributed by atoms with Gasteiger partial charge in [0.25, 0.3) is 0 Å². The van der Waals surface area contributed by atoms with Gasteiger partial charge in [-0.2, -0.15) is 0 Å². The summed E-state index contributed by atoms with van der Waals surface area (Å²) in [4.78, 5) is 0. The Hall–Kier alpha value is -0.540. The molecule has 0 bridgehead atoms. The molecule has 18 heavy (non-hydrogen) atoms. The van der Waals surface area contributed by atoms with E-state index in [1.54, 1.807) is 0 Å². The Bertz CT molecular complexity index is 364. The molecular weight excluding hydrogens is 290 g/mol. The highest BCUT2D eigenvalue weighted by atomic mass is 79.9. The number of hydrogen-bond acceptors (Lipinski definition) is 2.